The molecule has 0 saturated carbocycles. The molecule has 0 fully saturated rings. The molecule has 2 heterocycles. The number of benzene rings is 1. The number of hydrogen-bond donors (Lipinski definition) is 2. The number of urea groups is 1. The van der Waals surface area contributed by atoms with Crippen LogP contribution in [0.1, 0.15) is 25.8 Å². The Hall–Kier alpha value is -3.07. The van der Waals surface area contributed by atoms with E-state index in [2.05, 4.69) is 34.7 Å². The van der Waals surface area contributed by atoms with Crippen LogP contribution in [0, 0.1) is 5.92 Å². The van der Waals surface area contributed by atoms with Gasteiger partial charge in [-0.1, -0.05) is 55.9 Å². The third kappa shape index (κ3) is 6.21. The number of rotatable bonds is 9. The molecule has 2 N–H and O–H groups in total. The summed E-state index contributed by atoms with van der Waals surface area (Å²) in [5.41, 5.74) is 1.07. The van der Waals surface area contributed by atoms with Gasteiger partial charge in [0.2, 0.25) is 11.7 Å². The molecule has 1 aromatic carbocycles. The van der Waals surface area contributed by atoms with Crippen molar-refractivity contribution in [1.29, 1.82) is 0 Å². The van der Waals surface area contributed by atoms with Gasteiger partial charge in [-0.15, -0.1) is 10.2 Å². The lowest BCUT2D eigenvalue weighted by atomic mass is 10.1. The molecule has 0 bridgehead atoms. The highest BCUT2D eigenvalue weighted by molar-refractivity contribution is 7.99. The van der Waals surface area contributed by atoms with Gasteiger partial charge in [-0.25, -0.2) is 4.79 Å². The van der Waals surface area contributed by atoms with Gasteiger partial charge < -0.3 is 9.73 Å². The van der Waals surface area contributed by atoms with Crippen molar-refractivity contribution >= 4 is 23.7 Å². The van der Waals surface area contributed by atoms with E-state index in [4.69, 9.17) is 4.42 Å². The van der Waals surface area contributed by atoms with Gasteiger partial charge in [-0.05, 0) is 30.0 Å². The smallest absolute Gasteiger partial charge is 0.321 e. The molecule has 0 aliphatic carbocycles. The fraction of sp³-hybridized carbons (Fsp3) is 0.333. The standard InChI is InChI=1S/C21H25N5O3S/c1-15(2)10-11-22-20(28)23-18(27)14-30-21-25-24-19(17-9-6-12-29-17)26(21)13-16-7-4-3-5-8-16/h3-9,12,15H,10-11,13-14H2,1-2H3,(H2,22,23,27,28). The zero-order valence-electron chi connectivity index (χ0n) is 17.0. The van der Waals surface area contributed by atoms with Crippen LogP contribution in [0.2, 0.25) is 0 Å². The molecule has 0 atom stereocenters. The van der Waals surface area contributed by atoms with E-state index >= 15 is 0 Å². The summed E-state index contributed by atoms with van der Waals surface area (Å²) in [7, 11) is 0. The van der Waals surface area contributed by atoms with E-state index in [1.165, 1.54) is 11.8 Å². The zero-order valence-corrected chi connectivity index (χ0v) is 17.8. The summed E-state index contributed by atoms with van der Waals surface area (Å²) < 4.78 is 7.38. The Morgan fingerprint density at radius 1 is 1.13 bits per heavy atom. The molecule has 3 rings (SSSR count). The van der Waals surface area contributed by atoms with Crippen molar-refractivity contribution in [3.8, 4) is 11.6 Å². The maximum Gasteiger partial charge on any atom is 0.321 e. The lowest BCUT2D eigenvalue weighted by molar-refractivity contribution is -0.117. The summed E-state index contributed by atoms with van der Waals surface area (Å²) in [6, 6.07) is 13.0. The molecule has 3 amide bonds. The quantitative estimate of drug-likeness (QED) is 0.506. The van der Waals surface area contributed by atoms with Gasteiger partial charge in [0.25, 0.3) is 0 Å². The Morgan fingerprint density at radius 2 is 1.93 bits per heavy atom. The number of carbonyl (C=O) groups excluding carboxylic acids is 2. The van der Waals surface area contributed by atoms with Crippen LogP contribution in [0.25, 0.3) is 11.6 Å². The van der Waals surface area contributed by atoms with Gasteiger partial charge in [0.15, 0.2) is 10.9 Å². The number of thioether (sulfide) groups is 1. The van der Waals surface area contributed by atoms with Gasteiger partial charge in [-0.3, -0.25) is 14.7 Å². The number of carbonyl (C=O) groups is 2. The summed E-state index contributed by atoms with van der Waals surface area (Å²) in [6.07, 6.45) is 2.43. The Balaban J connectivity index is 1.64. The van der Waals surface area contributed by atoms with Crippen molar-refractivity contribution in [2.24, 2.45) is 5.92 Å². The molecule has 8 nitrogen and oxygen atoms in total. The number of amides is 3. The molecule has 30 heavy (non-hydrogen) atoms. The van der Waals surface area contributed by atoms with Crippen molar-refractivity contribution < 1.29 is 14.0 Å². The van der Waals surface area contributed by atoms with Gasteiger partial charge in [0.05, 0.1) is 18.6 Å². The summed E-state index contributed by atoms with van der Waals surface area (Å²) in [6.45, 7) is 5.21. The van der Waals surface area contributed by atoms with E-state index in [9.17, 15) is 9.59 Å². The van der Waals surface area contributed by atoms with Crippen molar-refractivity contribution in [2.75, 3.05) is 12.3 Å². The van der Waals surface area contributed by atoms with Crippen molar-refractivity contribution in [2.45, 2.75) is 32.0 Å². The second-order valence-electron chi connectivity index (χ2n) is 7.13. The van der Waals surface area contributed by atoms with Crippen LogP contribution in [0.5, 0.6) is 0 Å². The third-order valence-electron chi connectivity index (χ3n) is 4.23. The molecule has 0 aliphatic rings. The Bertz CT molecular complexity index is 954. The zero-order chi connectivity index (χ0) is 21.3. The highest BCUT2D eigenvalue weighted by atomic mass is 32.2. The molecular weight excluding hydrogens is 402 g/mol. The van der Waals surface area contributed by atoms with Crippen LogP contribution >= 0.6 is 11.8 Å². The van der Waals surface area contributed by atoms with E-state index in [-0.39, 0.29) is 5.75 Å². The minimum atomic E-state index is -0.483. The SMILES string of the molecule is CC(C)CCNC(=O)NC(=O)CSc1nnc(-c2ccco2)n1Cc1ccccc1. The predicted octanol–water partition coefficient (Wildman–Crippen LogP) is 3.55. The van der Waals surface area contributed by atoms with E-state index in [1.807, 2.05) is 41.0 Å². The van der Waals surface area contributed by atoms with Gasteiger partial charge in [0.1, 0.15) is 0 Å². The first kappa shape index (κ1) is 21.6. The largest absolute Gasteiger partial charge is 0.461 e. The normalized spacial score (nSPS) is 10.9. The molecule has 2 aromatic heterocycles. The maximum atomic E-state index is 12.2. The molecule has 158 valence electrons. The lowest BCUT2D eigenvalue weighted by Gasteiger charge is -2.10. The predicted molar refractivity (Wildman–Crippen MR) is 115 cm³/mol. The molecule has 9 heteroatoms. The minimum absolute atomic E-state index is 0.0443. The Kier molecular flexibility index (Phi) is 7.67. The van der Waals surface area contributed by atoms with E-state index < -0.39 is 11.9 Å². The van der Waals surface area contributed by atoms with Crippen LogP contribution < -0.4 is 10.6 Å². The van der Waals surface area contributed by atoms with Crippen LogP contribution in [-0.2, 0) is 11.3 Å². The molecule has 3 aromatic rings. The van der Waals surface area contributed by atoms with Crippen LogP contribution in [0.4, 0.5) is 4.79 Å². The number of nitrogens with one attached hydrogen (secondary N) is 2. The lowest BCUT2D eigenvalue weighted by Crippen LogP contribution is -2.40. The highest BCUT2D eigenvalue weighted by Crippen LogP contribution is 2.25. The average molecular weight is 428 g/mol. The molecule has 0 unspecified atom stereocenters. The van der Waals surface area contributed by atoms with E-state index in [0.717, 1.165) is 12.0 Å². The average Bonchev–Trinajstić information content (AvgIpc) is 3.37. The van der Waals surface area contributed by atoms with Crippen LogP contribution in [0.15, 0.2) is 58.3 Å². The second kappa shape index (κ2) is 10.6. The van der Waals surface area contributed by atoms with E-state index in [1.54, 1.807) is 12.3 Å². The second-order valence-corrected chi connectivity index (χ2v) is 8.07. The monoisotopic (exact) mass is 427 g/mol. The van der Waals surface area contributed by atoms with Crippen molar-refractivity contribution in [1.82, 2.24) is 25.4 Å². The molecule has 0 spiro atoms. The third-order valence-corrected chi connectivity index (χ3v) is 5.20. The summed E-state index contributed by atoms with van der Waals surface area (Å²) >= 11 is 1.22. The summed E-state index contributed by atoms with van der Waals surface area (Å²) in [4.78, 5) is 24.0. The fourth-order valence-corrected chi connectivity index (χ4v) is 3.44. The molecule has 0 radical (unpaired) electrons. The van der Waals surface area contributed by atoms with Gasteiger partial charge in [-0.2, -0.15) is 0 Å². The van der Waals surface area contributed by atoms with Crippen LogP contribution in [0.3, 0.4) is 0 Å². The Morgan fingerprint density at radius 3 is 2.63 bits per heavy atom. The number of aromatic nitrogens is 3. The number of furan rings is 1. The van der Waals surface area contributed by atoms with Crippen molar-refractivity contribution in [3.63, 3.8) is 0 Å². The first-order valence-corrected chi connectivity index (χ1v) is 10.7. The number of imide groups is 1. The molecular formula is C21H25N5O3S. The van der Waals surface area contributed by atoms with Gasteiger partial charge >= 0.3 is 6.03 Å². The van der Waals surface area contributed by atoms with Crippen LogP contribution in [-0.4, -0.2) is 39.0 Å². The Labute approximate surface area is 179 Å². The summed E-state index contributed by atoms with van der Waals surface area (Å²) in [5.74, 6) is 1.31. The number of hydrogen-bond acceptors (Lipinski definition) is 6. The first-order chi connectivity index (χ1) is 14.5. The first-order valence-electron chi connectivity index (χ1n) is 9.74. The molecule has 0 saturated heterocycles. The van der Waals surface area contributed by atoms with E-state index in [0.29, 0.717) is 35.7 Å². The fourth-order valence-electron chi connectivity index (χ4n) is 2.70. The summed E-state index contributed by atoms with van der Waals surface area (Å²) in [5, 5.41) is 14.1. The highest BCUT2D eigenvalue weighted by Gasteiger charge is 2.18. The molecule has 0 aliphatic heterocycles. The number of nitrogens with zero attached hydrogens (tertiary/aromatic N) is 3. The van der Waals surface area contributed by atoms with Gasteiger partial charge in [0, 0.05) is 6.54 Å². The maximum absolute atomic E-state index is 12.2. The van der Waals surface area contributed by atoms with Crippen molar-refractivity contribution in [3.05, 3.63) is 54.3 Å². The topological polar surface area (TPSA) is 102 Å². The minimum Gasteiger partial charge on any atom is -0.461 e.